The van der Waals surface area contributed by atoms with E-state index in [0.717, 1.165) is 6.54 Å². The standard InChI is InChI=1S/C22H23NO6/c1-23-8-9-28-12-16(23)21-17(24)5-7-19-20(21)15(11-29-19)22(25)14-10-13(26-2)4-6-18(14)27-3/h4-7,10-11,16,24H,8-9,12H2,1-3H3. The molecule has 7 heteroatoms. The Morgan fingerprint density at radius 1 is 1.17 bits per heavy atom. The third-order valence-corrected chi connectivity index (χ3v) is 5.38. The van der Waals surface area contributed by atoms with Crippen molar-refractivity contribution in [2.75, 3.05) is 41.0 Å². The van der Waals surface area contributed by atoms with E-state index >= 15 is 0 Å². The Morgan fingerprint density at radius 2 is 2.00 bits per heavy atom. The third kappa shape index (κ3) is 3.32. The van der Waals surface area contributed by atoms with Crippen LogP contribution in [0.2, 0.25) is 0 Å². The number of nitrogens with zero attached hydrogens (tertiary/aromatic N) is 1. The van der Waals surface area contributed by atoms with Crippen molar-refractivity contribution in [3.05, 3.63) is 53.3 Å². The maximum absolute atomic E-state index is 13.5. The lowest BCUT2D eigenvalue weighted by Crippen LogP contribution is -2.36. The van der Waals surface area contributed by atoms with Gasteiger partial charge in [0.25, 0.3) is 0 Å². The predicted molar refractivity (Wildman–Crippen MR) is 107 cm³/mol. The highest BCUT2D eigenvalue weighted by Crippen LogP contribution is 2.40. The molecule has 1 aliphatic rings. The predicted octanol–water partition coefficient (Wildman–Crippen LogP) is 3.39. The number of carbonyl (C=O) groups is 1. The number of carbonyl (C=O) groups excluding carboxylic acids is 1. The number of likely N-dealkylation sites (N-methyl/N-ethyl adjacent to an activating group) is 1. The van der Waals surface area contributed by atoms with Crippen molar-refractivity contribution in [2.45, 2.75) is 6.04 Å². The summed E-state index contributed by atoms with van der Waals surface area (Å²) in [5.41, 5.74) is 1.87. The molecule has 2 aromatic carbocycles. The number of phenolic OH excluding ortho intramolecular Hbond substituents is 1. The number of furan rings is 1. The fourth-order valence-electron chi connectivity index (χ4n) is 3.78. The number of rotatable bonds is 5. The van der Waals surface area contributed by atoms with Crippen LogP contribution in [0.25, 0.3) is 11.0 Å². The van der Waals surface area contributed by atoms with Gasteiger partial charge in [-0.2, -0.15) is 0 Å². The monoisotopic (exact) mass is 397 g/mol. The fraction of sp³-hybridized carbons (Fsp3) is 0.318. The molecule has 1 atom stereocenters. The average molecular weight is 397 g/mol. The van der Waals surface area contributed by atoms with Crippen molar-refractivity contribution < 1.29 is 28.5 Å². The lowest BCUT2D eigenvalue weighted by molar-refractivity contribution is 0.00480. The van der Waals surface area contributed by atoms with Gasteiger partial charge in [0.1, 0.15) is 29.1 Å². The van der Waals surface area contributed by atoms with Crippen molar-refractivity contribution in [2.24, 2.45) is 0 Å². The van der Waals surface area contributed by atoms with E-state index < -0.39 is 0 Å². The summed E-state index contributed by atoms with van der Waals surface area (Å²) in [6.45, 7) is 1.78. The molecule has 152 valence electrons. The van der Waals surface area contributed by atoms with Crippen molar-refractivity contribution in [3.8, 4) is 17.2 Å². The van der Waals surface area contributed by atoms with E-state index in [4.69, 9.17) is 18.6 Å². The Kier molecular flexibility index (Phi) is 5.17. The van der Waals surface area contributed by atoms with Gasteiger partial charge in [0.2, 0.25) is 5.78 Å². The number of phenols is 1. The zero-order chi connectivity index (χ0) is 20.5. The molecular weight excluding hydrogens is 374 g/mol. The Labute approximate surface area is 168 Å². The van der Waals surface area contributed by atoms with Crippen LogP contribution in [0.5, 0.6) is 17.2 Å². The van der Waals surface area contributed by atoms with E-state index in [1.54, 1.807) is 37.4 Å². The molecule has 0 radical (unpaired) electrons. The third-order valence-electron chi connectivity index (χ3n) is 5.38. The van der Waals surface area contributed by atoms with Gasteiger partial charge in [-0.05, 0) is 37.4 Å². The summed E-state index contributed by atoms with van der Waals surface area (Å²) in [4.78, 5) is 15.6. The molecule has 1 unspecified atom stereocenters. The summed E-state index contributed by atoms with van der Waals surface area (Å²) < 4.78 is 22.0. The maximum atomic E-state index is 13.5. The second-order valence-corrected chi connectivity index (χ2v) is 6.99. The Hall–Kier alpha value is -3.03. The number of morpholine rings is 1. The molecule has 29 heavy (non-hydrogen) atoms. The first-order valence-corrected chi connectivity index (χ1v) is 9.33. The first-order valence-electron chi connectivity index (χ1n) is 9.33. The van der Waals surface area contributed by atoms with Crippen LogP contribution in [-0.2, 0) is 4.74 Å². The Bertz CT molecular complexity index is 1060. The van der Waals surface area contributed by atoms with Crippen LogP contribution in [0, 0.1) is 0 Å². The van der Waals surface area contributed by atoms with E-state index in [-0.39, 0.29) is 17.6 Å². The zero-order valence-electron chi connectivity index (χ0n) is 16.6. The summed E-state index contributed by atoms with van der Waals surface area (Å²) in [6.07, 6.45) is 1.43. The normalized spacial score (nSPS) is 17.4. The summed E-state index contributed by atoms with van der Waals surface area (Å²) >= 11 is 0. The minimum absolute atomic E-state index is 0.105. The molecule has 2 heterocycles. The first kappa shape index (κ1) is 19.3. The van der Waals surface area contributed by atoms with Crippen LogP contribution in [0.4, 0.5) is 0 Å². The van der Waals surface area contributed by atoms with Gasteiger partial charge in [-0.3, -0.25) is 9.69 Å². The molecule has 3 aromatic rings. The minimum Gasteiger partial charge on any atom is -0.508 e. The smallest absolute Gasteiger partial charge is 0.200 e. The van der Waals surface area contributed by atoms with Crippen molar-refractivity contribution in [1.29, 1.82) is 0 Å². The van der Waals surface area contributed by atoms with Crippen molar-refractivity contribution in [3.63, 3.8) is 0 Å². The molecule has 0 spiro atoms. The zero-order valence-corrected chi connectivity index (χ0v) is 16.6. The van der Waals surface area contributed by atoms with E-state index in [2.05, 4.69) is 4.90 Å². The van der Waals surface area contributed by atoms with Crippen LogP contribution in [0.1, 0.15) is 27.5 Å². The highest BCUT2D eigenvalue weighted by Gasteiger charge is 2.30. The van der Waals surface area contributed by atoms with Crippen LogP contribution in [0.3, 0.4) is 0 Å². The molecule has 0 bridgehead atoms. The molecule has 1 aliphatic heterocycles. The second-order valence-electron chi connectivity index (χ2n) is 6.99. The molecule has 0 aliphatic carbocycles. The molecule has 1 saturated heterocycles. The van der Waals surface area contributed by atoms with E-state index in [0.29, 0.717) is 52.4 Å². The first-order chi connectivity index (χ1) is 14.0. The molecule has 1 N–H and O–H groups in total. The number of aromatic hydroxyl groups is 1. The Balaban J connectivity index is 1.89. The van der Waals surface area contributed by atoms with Gasteiger partial charge in [0.05, 0.1) is 44.6 Å². The van der Waals surface area contributed by atoms with Gasteiger partial charge >= 0.3 is 0 Å². The average Bonchev–Trinajstić information content (AvgIpc) is 3.17. The number of hydrogen-bond donors (Lipinski definition) is 1. The van der Waals surface area contributed by atoms with Gasteiger partial charge in [-0.1, -0.05) is 0 Å². The number of fused-ring (bicyclic) bond motifs is 1. The molecule has 0 saturated carbocycles. The van der Waals surface area contributed by atoms with Crippen molar-refractivity contribution >= 4 is 16.8 Å². The van der Waals surface area contributed by atoms with Gasteiger partial charge in [-0.25, -0.2) is 0 Å². The summed E-state index contributed by atoms with van der Waals surface area (Å²) in [6, 6.07) is 8.12. The summed E-state index contributed by atoms with van der Waals surface area (Å²) in [7, 11) is 5.02. The molecular formula is C22H23NO6. The van der Waals surface area contributed by atoms with Crippen LogP contribution in [0.15, 0.2) is 41.0 Å². The van der Waals surface area contributed by atoms with E-state index in [1.165, 1.54) is 13.4 Å². The minimum atomic E-state index is -0.272. The fourth-order valence-corrected chi connectivity index (χ4v) is 3.78. The molecule has 4 rings (SSSR count). The second kappa shape index (κ2) is 7.77. The lowest BCUT2D eigenvalue weighted by Gasteiger charge is -2.33. The summed E-state index contributed by atoms with van der Waals surface area (Å²) in [5, 5.41) is 11.3. The maximum Gasteiger partial charge on any atom is 0.200 e. The van der Waals surface area contributed by atoms with Crippen LogP contribution < -0.4 is 9.47 Å². The topological polar surface area (TPSA) is 81.4 Å². The number of benzene rings is 2. The van der Waals surface area contributed by atoms with Gasteiger partial charge in [-0.15, -0.1) is 0 Å². The number of ether oxygens (including phenoxy) is 3. The van der Waals surface area contributed by atoms with Gasteiger partial charge < -0.3 is 23.7 Å². The highest BCUT2D eigenvalue weighted by atomic mass is 16.5. The van der Waals surface area contributed by atoms with Crippen molar-refractivity contribution in [1.82, 2.24) is 4.90 Å². The van der Waals surface area contributed by atoms with Gasteiger partial charge in [0.15, 0.2) is 0 Å². The summed E-state index contributed by atoms with van der Waals surface area (Å²) in [5.74, 6) is 0.814. The van der Waals surface area contributed by atoms with E-state index in [1.807, 2.05) is 7.05 Å². The molecule has 7 nitrogen and oxygen atoms in total. The van der Waals surface area contributed by atoms with Gasteiger partial charge in [0, 0.05) is 17.5 Å². The molecule has 1 aromatic heterocycles. The lowest BCUT2D eigenvalue weighted by atomic mass is 9.94. The Morgan fingerprint density at radius 3 is 2.72 bits per heavy atom. The van der Waals surface area contributed by atoms with Crippen LogP contribution in [-0.4, -0.2) is 56.8 Å². The highest BCUT2D eigenvalue weighted by molar-refractivity contribution is 6.18. The quantitative estimate of drug-likeness (QED) is 0.661. The van der Waals surface area contributed by atoms with E-state index in [9.17, 15) is 9.90 Å². The SMILES string of the molecule is COc1ccc(OC)c(C(=O)c2coc3ccc(O)c(C4COCCN4C)c23)c1. The van der Waals surface area contributed by atoms with Crippen LogP contribution >= 0.6 is 0 Å². The number of hydrogen-bond acceptors (Lipinski definition) is 7. The number of ketones is 1. The largest absolute Gasteiger partial charge is 0.508 e. The molecule has 1 fully saturated rings. The molecule has 0 amide bonds. The number of methoxy groups -OCH3 is 2.